The van der Waals surface area contributed by atoms with Gasteiger partial charge in [0.25, 0.3) is 0 Å². The average Bonchev–Trinajstić information content (AvgIpc) is 2.97. The number of unbranched alkanes of at least 4 members (excludes halogenated alkanes) is 14. The van der Waals surface area contributed by atoms with Crippen LogP contribution in [0.1, 0.15) is 150 Å². The molecular formula is C34H53NaO7S. The number of esters is 2. The van der Waals surface area contributed by atoms with Gasteiger partial charge in [-0.15, -0.1) is 0 Å². The Balaban J connectivity index is 0.0000176. The summed E-state index contributed by atoms with van der Waals surface area (Å²) in [4.78, 5) is 24.8. The minimum atomic E-state index is -4.82. The average molecular weight is 629 g/mol. The smallest absolute Gasteiger partial charge is 0.744 e. The summed E-state index contributed by atoms with van der Waals surface area (Å²) in [5, 5.41) is 0. The Labute approximate surface area is 283 Å². The van der Waals surface area contributed by atoms with Crippen LogP contribution in [-0.4, -0.2) is 38.1 Å². The molecule has 1 aromatic rings. The monoisotopic (exact) mass is 628 g/mol. The maximum absolute atomic E-state index is 12.7. The van der Waals surface area contributed by atoms with Crippen molar-refractivity contribution in [2.45, 2.75) is 134 Å². The van der Waals surface area contributed by atoms with Gasteiger partial charge in [0.15, 0.2) is 0 Å². The molecule has 0 aliphatic heterocycles. The molecule has 0 aromatic heterocycles. The normalized spacial score (nSPS) is 11.6. The topological polar surface area (TPSA) is 110 Å². The van der Waals surface area contributed by atoms with Gasteiger partial charge in [-0.2, -0.15) is 0 Å². The standard InChI is InChI=1S/C34H54O7S.Na/c1-3-5-7-9-11-13-15-17-19-21-23-27-40-33(35)31-26-25-30(42(37,38)39)29-32(31)34(36)41-28-24-22-20-18-16-14-12-10-8-6-4-2;/h19-22,25-26,29H,3-18,23-24,27-28H2,1-2H3,(H,37,38,39);/q;+1/p-1/b21-19+,22-20+;. The van der Waals surface area contributed by atoms with E-state index in [1.54, 1.807) is 0 Å². The van der Waals surface area contributed by atoms with Crippen LogP contribution in [0.4, 0.5) is 0 Å². The second-order valence-electron chi connectivity index (χ2n) is 10.8. The van der Waals surface area contributed by atoms with Gasteiger partial charge in [-0.3, -0.25) is 0 Å². The van der Waals surface area contributed by atoms with Gasteiger partial charge < -0.3 is 14.0 Å². The summed E-state index contributed by atoms with van der Waals surface area (Å²) in [6.45, 7) is 4.61. The molecule has 0 saturated heterocycles. The summed E-state index contributed by atoms with van der Waals surface area (Å²) in [7, 11) is -4.82. The van der Waals surface area contributed by atoms with E-state index in [1.807, 2.05) is 12.2 Å². The van der Waals surface area contributed by atoms with Crippen LogP contribution in [-0.2, 0) is 19.6 Å². The summed E-state index contributed by atoms with van der Waals surface area (Å²) >= 11 is 0. The van der Waals surface area contributed by atoms with E-state index in [-0.39, 0.29) is 53.9 Å². The maximum atomic E-state index is 12.7. The molecule has 9 heteroatoms. The van der Waals surface area contributed by atoms with E-state index >= 15 is 0 Å². The first kappa shape index (κ1) is 41.5. The molecule has 1 aromatic carbocycles. The number of benzene rings is 1. The van der Waals surface area contributed by atoms with Crippen molar-refractivity contribution >= 4 is 22.1 Å². The molecule has 238 valence electrons. The van der Waals surface area contributed by atoms with E-state index in [1.165, 1.54) is 77.0 Å². The minimum Gasteiger partial charge on any atom is -0.744 e. The minimum absolute atomic E-state index is 0. The predicted octanol–water partition coefficient (Wildman–Crippen LogP) is 6.08. The fourth-order valence-corrected chi connectivity index (χ4v) is 5.03. The Morgan fingerprint density at radius 1 is 0.628 bits per heavy atom. The second kappa shape index (κ2) is 26.9. The number of ether oxygens (including phenoxy) is 2. The Morgan fingerprint density at radius 3 is 1.47 bits per heavy atom. The van der Waals surface area contributed by atoms with Gasteiger partial charge in [0.2, 0.25) is 0 Å². The summed E-state index contributed by atoms with van der Waals surface area (Å²) in [5.41, 5.74) is -0.424. The first-order valence-corrected chi connectivity index (χ1v) is 17.5. The summed E-state index contributed by atoms with van der Waals surface area (Å²) in [6.07, 6.45) is 28.5. The van der Waals surface area contributed by atoms with E-state index in [9.17, 15) is 22.6 Å². The van der Waals surface area contributed by atoms with Gasteiger partial charge >= 0.3 is 41.5 Å². The van der Waals surface area contributed by atoms with Crippen LogP contribution in [0.15, 0.2) is 47.4 Å². The fraction of sp³-hybridized carbons (Fsp3) is 0.647. The molecule has 0 unspecified atom stereocenters. The molecule has 0 heterocycles. The van der Waals surface area contributed by atoms with Gasteiger partial charge in [-0.05, 0) is 56.7 Å². The number of carbonyl (C=O) groups is 2. The van der Waals surface area contributed by atoms with Gasteiger partial charge in [-0.25, -0.2) is 18.0 Å². The Morgan fingerprint density at radius 2 is 1.02 bits per heavy atom. The zero-order chi connectivity index (χ0) is 30.9. The van der Waals surface area contributed by atoms with Crippen molar-refractivity contribution in [2.75, 3.05) is 13.2 Å². The van der Waals surface area contributed by atoms with Gasteiger partial charge in [-0.1, -0.05) is 115 Å². The zero-order valence-electron chi connectivity index (χ0n) is 26.9. The predicted molar refractivity (Wildman–Crippen MR) is 168 cm³/mol. The zero-order valence-corrected chi connectivity index (χ0v) is 29.8. The van der Waals surface area contributed by atoms with Crippen LogP contribution in [0.2, 0.25) is 0 Å². The SMILES string of the molecule is CCCCCCCCC/C=C/CCOC(=O)c1ccc(S(=O)(=O)[O-])cc1C(=O)OCC/C=C/CCCCCCCCC.[Na+]. The van der Waals surface area contributed by atoms with Crippen molar-refractivity contribution in [1.29, 1.82) is 0 Å². The van der Waals surface area contributed by atoms with Crippen molar-refractivity contribution in [3.05, 3.63) is 53.6 Å². The van der Waals surface area contributed by atoms with Gasteiger partial charge in [0, 0.05) is 0 Å². The van der Waals surface area contributed by atoms with Crippen LogP contribution in [0.25, 0.3) is 0 Å². The Bertz CT molecular complexity index is 1050. The molecular weight excluding hydrogens is 575 g/mol. The van der Waals surface area contributed by atoms with Crippen molar-refractivity contribution in [3.63, 3.8) is 0 Å². The van der Waals surface area contributed by atoms with Crippen molar-refractivity contribution in [3.8, 4) is 0 Å². The van der Waals surface area contributed by atoms with E-state index in [2.05, 4.69) is 26.0 Å². The van der Waals surface area contributed by atoms with E-state index < -0.39 is 27.0 Å². The van der Waals surface area contributed by atoms with E-state index in [4.69, 9.17) is 9.47 Å². The first-order chi connectivity index (χ1) is 20.3. The van der Waals surface area contributed by atoms with Crippen LogP contribution >= 0.6 is 0 Å². The molecule has 0 bridgehead atoms. The molecule has 0 aliphatic rings. The van der Waals surface area contributed by atoms with Crippen LogP contribution in [0, 0.1) is 0 Å². The van der Waals surface area contributed by atoms with E-state index in [0.29, 0.717) is 12.8 Å². The quantitative estimate of drug-likeness (QED) is 0.0424. The van der Waals surface area contributed by atoms with Crippen LogP contribution < -0.4 is 29.6 Å². The maximum Gasteiger partial charge on any atom is 1.00 e. The molecule has 1 rings (SSSR count). The molecule has 0 amide bonds. The third kappa shape index (κ3) is 21.0. The molecule has 43 heavy (non-hydrogen) atoms. The van der Waals surface area contributed by atoms with Crippen molar-refractivity contribution < 1.29 is 61.6 Å². The largest absolute Gasteiger partial charge is 1.00 e. The number of allylic oxidation sites excluding steroid dienone is 2. The van der Waals surface area contributed by atoms with Crippen molar-refractivity contribution in [2.24, 2.45) is 0 Å². The summed E-state index contributed by atoms with van der Waals surface area (Å²) in [6, 6.07) is 3.02. The van der Waals surface area contributed by atoms with Gasteiger partial charge in [0.1, 0.15) is 10.1 Å². The second-order valence-corrected chi connectivity index (χ2v) is 12.2. The van der Waals surface area contributed by atoms with Crippen LogP contribution in [0.3, 0.4) is 0 Å². The molecule has 0 radical (unpaired) electrons. The number of hydrogen-bond donors (Lipinski definition) is 0. The Kier molecular flexibility index (Phi) is 26.0. The number of hydrogen-bond acceptors (Lipinski definition) is 7. The molecule has 7 nitrogen and oxygen atoms in total. The third-order valence-electron chi connectivity index (χ3n) is 7.04. The van der Waals surface area contributed by atoms with Crippen LogP contribution in [0.5, 0.6) is 0 Å². The molecule has 0 saturated carbocycles. The first-order valence-electron chi connectivity index (χ1n) is 16.0. The Hall–Kier alpha value is -1.45. The summed E-state index contributed by atoms with van der Waals surface area (Å²) in [5.74, 6) is -1.64. The fourth-order valence-electron chi connectivity index (χ4n) is 4.53. The van der Waals surface area contributed by atoms with Gasteiger partial charge in [0.05, 0.1) is 29.2 Å². The van der Waals surface area contributed by atoms with E-state index in [0.717, 1.165) is 43.9 Å². The third-order valence-corrected chi connectivity index (χ3v) is 7.87. The number of carbonyl (C=O) groups excluding carboxylic acids is 2. The molecule has 0 N–H and O–H groups in total. The summed E-state index contributed by atoms with van der Waals surface area (Å²) < 4.78 is 45.1. The molecule has 0 atom stereocenters. The molecule has 0 spiro atoms. The molecule has 0 aliphatic carbocycles. The van der Waals surface area contributed by atoms with Crippen molar-refractivity contribution in [1.82, 2.24) is 0 Å². The molecule has 0 fully saturated rings. The number of rotatable bonds is 25.